The van der Waals surface area contributed by atoms with Crippen LogP contribution in [0.25, 0.3) is 0 Å². The standard InChI is InChI=1S/C14H18BrFN2O3/c1-2-18-5-6-21-9(8-18)7-17-11-4-3-10(14(19)20)12(15)13(11)16/h3-4,9,17H,2,5-8H2,1H3,(H,19,20). The summed E-state index contributed by atoms with van der Waals surface area (Å²) >= 11 is 2.98. The van der Waals surface area contributed by atoms with Gasteiger partial charge < -0.3 is 15.2 Å². The Labute approximate surface area is 131 Å². The number of carbonyl (C=O) groups is 1. The van der Waals surface area contributed by atoms with Gasteiger partial charge in [0.25, 0.3) is 0 Å². The van der Waals surface area contributed by atoms with Crippen LogP contribution in [0.1, 0.15) is 17.3 Å². The van der Waals surface area contributed by atoms with E-state index in [4.69, 9.17) is 9.84 Å². The summed E-state index contributed by atoms with van der Waals surface area (Å²) in [7, 11) is 0. The van der Waals surface area contributed by atoms with Crippen molar-refractivity contribution in [2.45, 2.75) is 13.0 Å². The number of carboxylic acid groups (broad SMARTS) is 1. The average Bonchev–Trinajstić information content (AvgIpc) is 2.48. The minimum atomic E-state index is -1.17. The zero-order valence-electron chi connectivity index (χ0n) is 11.7. The molecule has 0 bridgehead atoms. The van der Waals surface area contributed by atoms with Crippen LogP contribution in [0.3, 0.4) is 0 Å². The van der Waals surface area contributed by atoms with E-state index in [1.165, 1.54) is 12.1 Å². The van der Waals surface area contributed by atoms with Gasteiger partial charge in [-0.3, -0.25) is 4.90 Å². The van der Waals surface area contributed by atoms with Gasteiger partial charge >= 0.3 is 5.97 Å². The van der Waals surface area contributed by atoms with Gasteiger partial charge in [-0.2, -0.15) is 0 Å². The molecule has 21 heavy (non-hydrogen) atoms. The molecule has 1 fully saturated rings. The molecule has 1 saturated heterocycles. The van der Waals surface area contributed by atoms with Gasteiger partial charge in [-0.25, -0.2) is 9.18 Å². The highest BCUT2D eigenvalue weighted by atomic mass is 79.9. The van der Waals surface area contributed by atoms with Crippen molar-refractivity contribution in [2.24, 2.45) is 0 Å². The van der Waals surface area contributed by atoms with Crippen LogP contribution >= 0.6 is 15.9 Å². The quantitative estimate of drug-likeness (QED) is 0.844. The number of halogens is 2. The maximum absolute atomic E-state index is 14.1. The van der Waals surface area contributed by atoms with Crippen LogP contribution in [0.4, 0.5) is 10.1 Å². The molecule has 116 valence electrons. The number of ether oxygens (including phenoxy) is 1. The van der Waals surface area contributed by atoms with E-state index in [1.54, 1.807) is 0 Å². The minimum Gasteiger partial charge on any atom is -0.478 e. The summed E-state index contributed by atoms with van der Waals surface area (Å²) in [5.74, 6) is -1.76. The minimum absolute atomic E-state index is 0.00368. The molecule has 2 rings (SSSR count). The Hall–Kier alpha value is -1.18. The van der Waals surface area contributed by atoms with Crippen molar-refractivity contribution < 1.29 is 19.0 Å². The second kappa shape index (κ2) is 7.20. The number of carboxylic acids is 1. The molecule has 1 atom stereocenters. The maximum atomic E-state index is 14.1. The molecular weight excluding hydrogens is 343 g/mol. The summed E-state index contributed by atoms with van der Waals surface area (Å²) in [5.41, 5.74) is 0.174. The fourth-order valence-corrected chi connectivity index (χ4v) is 2.78. The Balaban J connectivity index is 2.00. The number of anilines is 1. The first-order valence-corrected chi connectivity index (χ1v) is 7.61. The van der Waals surface area contributed by atoms with Gasteiger partial charge in [-0.1, -0.05) is 6.92 Å². The van der Waals surface area contributed by atoms with Gasteiger partial charge in [0, 0.05) is 19.6 Å². The van der Waals surface area contributed by atoms with Crippen molar-refractivity contribution in [2.75, 3.05) is 38.1 Å². The summed E-state index contributed by atoms with van der Waals surface area (Å²) in [6, 6.07) is 2.81. The number of benzene rings is 1. The van der Waals surface area contributed by atoms with E-state index in [1.807, 2.05) is 0 Å². The zero-order valence-corrected chi connectivity index (χ0v) is 13.3. The highest BCUT2D eigenvalue weighted by Gasteiger charge is 2.20. The van der Waals surface area contributed by atoms with E-state index in [2.05, 4.69) is 33.1 Å². The number of aromatic carboxylic acids is 1. The van der Waals surface area contributed by atoms with Gasteiger partial charge in [0.15, 0.2) is 5.82 Å². The van der Waals surface area contributed by atoms with Crippen molar-refractivity contribution in [1.82, 2.24) is 4.90 Å². The zero-order chi connectivity index (χ0) is 15.4. The molecule has 1 aliphatic rings. The molecule has 0 spiro atoms. The van der Waals surface area contributed by atoms with Crippen molar-refractivity contribution in [3.63, 3.8) is 0 Å². The number of nitrogens with zero attached hydrogens (tertiary/aromatic N) is 1. The van der Waals surface area contributed by atoms with Crippen LogP contribution in [0, 0.1) is 5.82 Å². The van der Waals surface area contributed by atoms with Crippen LogP contribution in [-0.2, 0) is 4.74 Å². The van der Waals surface area contributed by atoms with Gasteiger partial charge in [0.05, 0.1) is 28.4 Å². The van der Waals surface area contributed by atoms with Gasteiger partial charge in [0.1, 0.15) is 0 Å². The molecule has 0 aromatic heterocycles. The molecule has 0 saturated carbocycles. The smallest absolute Gasteiger partial charge is 0.336 e. The lowest BCUT2D eigenvalue weighted by molar-refractivity contribution is -0.0192. The Kier molecular flexibility index (Phi) is 5.55. The molecular formula is C14H18BrFN2O3. The van der Waals surface area contributed by atoms with Crippen LogP contribution in [0.2, 0.25) is 0 Å². The van der Waals surface area contributed by atoms with E-state index in [9.17, 15) is 9.18 Å². The second-order valence-corrected chi connectivity index (χ2v) is 5.65. The molecule has 1 aromatic carbocycles. The van der Waals surface area contributed by atoms with Crippen LogP contribution in [-0.4, -0.2) is 54.9 Å². The summed E-state index contributed by atoms with van der Waals surface area (Å²) < 4.78 is 19.7. The molecule has 0 aliphatic carbocycles. The second-order valence-electron chi connectivity index (χ2n) is 4.86. The third kappa shape index (κ3) is 3.93. The lowest BCUT2D eigenvalue weighted by Crippen LogP contribution is -2.45. The molecule has 0 radical (unpaired) electrons. The highest BCUT2D eigenvalue weighted by Crippen LogP contribution is 2.27. The van der Waals surface area contributed by atoms with E-state index in [0.29, 0.717) is 13.2 Å². The molecule has 5 nitrogen and oxygen atoms in total. The fourth-order valence-electron chi connectivity index (χ4n) is 2.27. The lowest BCUT2D eigenvalue weighted by atomic mass is 10.2. The molecule has 1 aromatic rings. The fraction of sp³-hybridized carbons (Fsp3) is 0.500. The highest BCUT2D eigenvalue weighted by molar-refractivity contribution is 9.10. The first-order chi connectivity index (χ1) is 10.0. The molecule has 1 heterocycles. The van der Waals surface area contributed by atoms with Crippen molar-refractivity contribution in [3.8, 4) is 0 Å². The van der Waals surface area contributed by atoms with Crippen molar-refractivity contribution in [1.29, 1.82) is 0 Å². The molecule has 1 aliphatic heterocycles. The maximum Gasteiger partial charge on any atom is 0.336 e. The Morgan fingerprint density at radius 2 is 2.38 bits per heavy atom. The SMILES string of the molecule is CCN1CCOC(CNc2ccc(C(=O)O)c(Br)c2F)C1. The van der Waals surface area contributed by atoms with E-state index < -0.39 is 11.8 Å². The third-order valence-corrected chi connectivity index (χ3v) is 4.28. The van der Waals surface area contributed by atoms with E-state index in [-0.39, 0.29) is 21.8 Å². The molecule has 2 N–H and O–H groups in total. The third-order valence-electron chi connectivity index (χ3n) is 3.50. The van der Waals surface area contributed by atoms with Gasteiger partial charge in [-0.15, -0.1) is 0 Å². The summed E-state index contributed by atoms with van der Waals surface area (Å²) in [6.45, 7) is 5.93. The summed E-state index contributed by atoms with van der Waals surface area (Å²) in [4.78, 5) is 13.2. The Bertz CT molecular complexity index is 527. The predicted molar refractivity (Wildman–Crippen MR) is 81.4 cm³/mol. The summed E-state index contributed by atoms with van der Waals surface area (Å²) in [5, 5.41) is 11.9. The largest absolute Gasteiger partial charge is 0.478 e. The Morgan fingerprint density at radius 1 is 1.62 bits per heavy atom. The van der Waals surface area contributed by atoms with Crippen LogP contribution in [0.5, 0.6) is 0 Å². The number of hydrogen-bond donors (Lipinski definition) is 2. The first kappa shape index (κ1) is 16.2. The number of rotatable bonds is 5. The van der Waals surface area contributed by atoms with E-state index in [0.717, 1.165) is 19.6 Å². The molecule has 7 heteroatoms. The van der Waals surface area contributed by atoms with Gasteiger partial charge in [-0.05, 0) is 34.6 Å². The van der Waals surface area contributed by atoms with Crippen molar-refractivity contribution in [3.05, 3.63) is 28.0 Å². The topological polar surface area (TPSA) is 61.8 Å². The average molecular weight is 361 g/mol. The number of likely N-dealkylation sites (N-methyl/N-ethyl adjacent to an activating group) is 1. The van der Waals surface area contributed by atoms with E-state index >= 15 is 0 Å². The normalized spacial score (nSPS) is 19.5. The summed E-state index contributed by atoms with van der Waals surface area (Å²) in [6.07, 6.45) is -0.00368. The van der Waals surface area contributed by atoms with Crippen LogP contribution in [0.15, 0.2) is 16.6 Å². The Morgan fingerprint density at radius 3 is 3.05 bits per heavy atom. The van der Waals surface area contributed by atoms with Crippen molar-refractivity contribution >= 4 is 27.6 Å². The lowest BCUT2D eigenvalue weighted by Gasteiger charge is -2.32. The number of nitrogens with one attached hydrogen (secondary N) is 1. The predicted octanol–water partition coefficient (Wildman–Crippen LogP) is 2.42. The first-order valence-electron chi connectivity index (χ1n) is 6.82. The number of hydrogen-bond acceptors (Lipinski definition) is 4. The molecule has 0 amide bonds. The van der Waals surface area contributed by atoms with Crippen LogP contribution < -0.4 is 5.32 Å². The molecule has 1 unspecified atom stereocenters. The van der Waals surface area contributed by atoms with Gasteiger partial charge in [0.2, 0.25) is 0 Å². The monoisotopic (exact) mass is 360 g/mol. The number of morpholine rings is 1.